The molecule has 2 heterocycles. The number of hydrogen-bond acceptors (Lipinski definition) is 6. The van der Waals surface area contributed by atoms with Crippen LogP contribution < -0.4 is 14.8 Å². The van der Waals surface area contributed by atoms with Crippen LogP contribution in [-0.2, 0) is 16.1 Å². The standard InChI is InChI=1S/C24H25FN2O6/c1-24(23(29)26-13-16-17(25)8-6-10-18(16)31-3)14-32-20-15-7-4-5-9-19(15)33-21(20)22(28)27(24)11-12-30-2/h4-10H,11-14H2,1-3H3,(H,26,29). The average molecular weight is 456 g/mol. The van der Waals surface area contributed by atoms with Gasteiger partial charge in [0.05, 0.1) is 19.1 Å². The van der Waals surface area contributed by atoms with Crippen LogP contribution in [0.5, 0.6) is 11.5 Å². The predicted molar refractivity (Wildman–Crippen MR) is 118 cm³/mol. The van der Waals surface area contributed by atoms with Crippen molar-refractivity contribution >= 4 is 22.8 Å². The highest BCUT2D eigenvalue weighted by molar-refractivity contribution is 6.04. The summed E-state index contributed by atoms with van der Waals surface area (Å²) in [5.74, 6) is -0.862. The molecule has 3 aromatic rings. The molecule has 9 heteroatoms. The first-order valence-electron chi connectivity index (χ1n) is 10.5. The lowest BCUT2D eigenvalue weighted by Gasteiger charge is -2.37. The Labute approximate surface area is 190 Å². The normalized spacial score (nSPS) is 17.9. The van der Waals surface area contributed by atoms with Gasteiger partial charge in [-0.05, 0) is 31.2 Å². The highest BCUT2D eigenvalue weighted by atomic mass is 19.1. The van der Waals surface area contributed by atoms with Gasteiger partial charge in [-0.25, -0.2) is 4.39 Å². The van der Waals surface area contributed by atoms with E-state index in [1.165, 1.54) is 31.3 Å². The first-order chi connectivity index (χ1) is 15.9. The summed E-state index contributed by atoms with van der Waals surface area (Å²) in [5.41, 5.74) is -0.683. The second-order valence-corrected chi connectivity index (χ2v) is 7.87. The minimum absolute atomic E-state index is 0.0274. The summed E-state index contributed by atoms with van der Waals surface area (Å²) in [6, 6.07) is 11.6. The Bertz CT molecular complexity index is 1190. The molecule has 0 aliphatic carbocycles. The molecular formula is C24H25FN2O6. The smallest absolute Gasteiger partial charge is 0.294 e. The Morgan fingerprint density at radius 3 is 2.76 bits per heavy atom. The van der Waals surface area contributed by atoms with E-state index in [0.29, 0.717) is 22.5 Å². The third kappa shape index (κ3) is 4.00. The van der Waals surface area contributed by atoms with Crippen molar-refractivity contribution in [1.82, 2.24) is 10.2 Å². The Morgan fingerprint density at radius 2 is 2.00 bits per heavy atom. The molecule has 174 valence electrons. The van der Waals surface area contributed by atoms with Gasteiger partial charge in [-0.15, -0.1) is 0 Å². The zero-order valence-electron chi connectivity index (χ0n) is 18.6. The van der Waals surface area contributed by atoms with Crippen molar-refractivity contribution in [2.45, 2.75) is 19.0 Å². The van der Waals surface area contributed by atoms with Gasteiger partial charge in [-0.1, -0.05) is 18.2 Å². The van der Waals surface area contributed by atoms with Crippen molar-refractivity contribution in [2.75, 3.05) is 34.0 Å². The highest BCUT2D eigenvalue weighted by Gasteiger charge is 2.47. The van der Waals surface area contributed by atoms with Crippen LogP contribution in [-0.4, -0.2) is 56.2 Å². The SMILES string of the molecule is COCCN1C(=O)c2oc3ccccc3c2OCC1(C)C(=O)NCc1c(F)cccc1OC. The number of carbonyl (C=O) groups excluding carboxylic acids is 2. The van der Waals surface area contributed by atoms with E-state index in [1.807, 2.05) is 6.07 Å². The molecule has 1 unspecified atom stereocenters. The number of benzene rings is 2. The van der Waals surface area contributed by atoms with Crippen molar-refractivity contribution in [1.29, 1.82) is 0 Å². The molecule has 8 nitrogen and oxygen atoms in total. The van der Waals surface area contributed by atoms with Crippen LogP contribution in [0.25, 0.3) is 11.0 Å². The molecule has 0 spiro atoms. The number of methoxy groups -OCH3 is 2. The van der Waals surface area contributed by atoms with Crippen molar-refractivity contribution < 1.29 is 32.6 Å². The number of halogens is 1. The number of fused-ring (bicyclic) bond motifs is 3. The van der Waals surface area contributed by atoms with E-state index in [0.717, 1.165) is 0 Å². The van der Waals surface area contributed by atoms with E-state index in [4.69, 9.17) is 18.6 Å². The summed E-state index contributed by atoms with van der Waals surface area (Å²) in [7, 11) is 2.93. The second-order valence-electron chi connectivity index (χ2n) is 7.87. The van der Waals surface area contributed by atoms with Gasteiger partial charge in [0.15, 0.2) is 11.3 Å². The quantitative estimate of drug-likeness (QED) is 0.588. The molecule has 1 aromatic heterocycles. The number of nitrogens with zero attached hydrogens (tertiary/aromatic N) is 1. The molecule has 2 amide bonds. The van der Waals surface area contributed by atoms with Gasteiger partial charge < -0.3 is 28.8 Å². The van der Waals surface area contributed by atoms with E-state index in [2.05, 4.69) is 5.32 Å². The van der Waals surface area contributed by atoms with E-state index in [9.17, 15) is 14.0 Å². The molecule has 1 aliphatic rings. The van der Waals surface area contributed by atoms with Crippen molar-refractivity contribution in [3.8, 4) is 11.5 Å². The Morgan fingerprint density at radius 1 is 1.21 bits per heavy atom. The molecule has 2 aromatic carbocycles. The number of furan rings is 1. The largest absolute Gasteiger partial charge is 0.496 e. The number of ether oxygens (including phenoxy) is 3. The number of carbonyl (C=O) groups is 2. The van der Waals surface area contributed by atoms with E-state index in [-0.39, 0.29) is 37.6 Å². The van der Waals surface area contributed by atoms with Crippen LogP contribution >= 0.6 is 0 Å². The summed E-state index contributed by atoms with van der Waals surface area (Å²) in [6.45, 7) is 1.68. The van der Waals surface area contributed by atoms with Gasteiger partial charge >= 0.3 is 0 Å². The molecule has 1 atom stereocenters. The molecule has 0 bridgehead atoms. The summed E-state index contributed by atoms with van der Waals surface area (Å²) < 4.78 is 36.5. The van der Waals surface area contributed by atoms with E-state index < -0.39 is 23.2 Å². The maximum absolute atomic E-state index is 14.3. The lowest BCUT2D eigenvalue weighted by molar-refractivity contribution is -0.133. The fraction of sp³-hybridized carbons (Fsp3) is 0.333. The first-order valence-corrected chi connectivity index (χ1v) is 10.5. The highest BCUT2D eigenvalue weighted by Crippen LogP contribution is 2.38. The fourth-order valence-electron chi connectivity index (χ4n) is 3.92. The summed E-state index contributed by atoms with van der Waals surface area (Å²) in [5, 5.41) is 3.38. The molecule has 0 saturated heterocycles. The Hall–Kier alpha value is -3.59. The molecule has 4 rings (SSSR count). The fourth-order valence-corrected chi connectivity index (χ4v) is 3.92. The van der Waals surface area contributed by atoms with Gasteiger partial charge in [-0.3, -0.25) is 9.59 Å². The number of amides is 2. The summed E-state index contributed by atoms with van der Waals surface area (Å²) >= 11 is 0. The van der Waals surface area contributed by atoms with Crippen LogP contribution in [0.2, 0.25) is 0 Å². The van der Waals surface area contributed by atoms with Crippen LogP contribution in [0, 0.1) is 5.82 Å². The molecule has 0 fully saturated rings. The van der Waals surface area contributed by atoms with Crippen LogP contribution in [0.15, 0.2) is 46.9 Å². The van der Waals surface area contributed by atoms with Gasteiger partial charge in [-0.2, -0.15) is 0 Å². The third-order valence-electron chi connectivity index (χ3n) is 5.81. The van der Waals surface area contributed by atoms with Crippen molar-refractivity contribution in [3.63, 3.8) is 0 Å². The van der Waals surface area contributed by atoms with Gasteiger partial charge in [0.1, 0.15) is 23.8 Å². The Kier molecular flexibility index (Phi) is 6.24. The monoisotopic (exact) mass is 456 g/mol. The van der Waals surface area contributed by atoms with Crippen LogP contribution in [0.3, 0.4) is 0 Å². The zero-order chi connectivity index (χ0) is 23.6. The van der Waals surface area contributed by atoms with Crippen molar-refractivity contribution in [3.05, 3.63) is 59.6 Å². The second kappa shape index (κ2) is 9.11. The van der Waals surface area contributed by atoms with Gasteiger partial charge in [0.25, 0.3) is 5.91 Å². The minimum Gasteiger partial charge on any atom is -0.496 e. The summed E-state index contributed by atoms with van der Waals surface area (Å²) in [4.78, 5) is 28.3. The number of nitrogens with one attached hydrogen (secondary N) is 1. The van der Waals surface area contributed by atoms with Gasteiger partial charge in [0.2, 0.25) is 11.7 Å². The lowest BCUT2D eigenvalue weighted by atomic mass is 9.99. The lowest BCUT2D eigenvalue weighted by Crippen LogP contribution is -2.61. The molecule has 1 aliphatic heterocycles. The molecular weight excluding hydrogens is 431 g/mol. The molecule has 0 saturated carbocycles. The molecule has 0 radical (unpaired) electrons. The maximum Gasteiger partial charge on any atom is 0.294 e. The van der Waals surface area contributed by atoms with Crippen LogP contribution in [0.1, 0.15) is 23.0 Å². The van der Waals surface area contributed by atoms with Crippen molar-refractivity contribution in [2.24, 2.45) is 0 Å². The third-order valence-corrected chi connectivity index (χ3v) is 5.81. The predicted octanol–water partition coefficient (Wildman–Crippen LogP) is 3.14. The van der Waals surface area contributed by atoms with Gasteiger partial charge in [0, 0.05) is 25.8 Å². The Balaban J connectivity index is 1.65. The number of rotatable bonds is 7. The molecule has 1 N–H and O–H groups in total. The number of para-hydroxylation sites is 1. The molecule has 33 heavy (non-hydrogen) atoms. The first kappa shape index (κ1) is 22.6. The van der Waals surface area contributed by atoms with E-state index >= 15 is 0 Å². The van der Waals surface area contributed by atoms with Crippen LogP contribution in [0.4, 0.5) is 4.39 Å². The average Bonchev–Trinajstić information content (AvgIpc) is 3.15. The topological polar surface area (TPSA) is 90.2 Å². The summed E-state index contributed by atoms with van der Waals surface area (Å²) in [6.07, 6.45) is 0. The maximum atomic E-state index is 14.3. The minimum atomic E-state index is -1.41. The number of hydrogen-bond donors (Lipinski definition) is 1. The van der Waals surface area contributed by atoms with E-state index in [1.54, 1.807) is 31.2 Å². The zero-order valence-corrected chi connectivity index (χ0v) is 18.6.